The van der Waals surface area contributed by atoms with E-state index in [4.69, 9.17) is 14.2 Å². The van der Waals surface area contributed by atoms with E-state index in [0.717, 1.165) is 28.1 Å². The lowest BCUT2D eigenvalue weighted by Crippen LogP contribution is -2.05. The van der Waals surface area contributed by atoms with Crippen LogP contribution in [0.3, 0.4) is 0 Å². The number of methoxy groups -OCH3 is 1. The molecule has 5 heteroatoms. The zero-order valence-corrected chi connectivity index (χ0v) is 18.0. The summed E-state index contributed by atoms with van der Waals surface area (Å²) in [6, 6.07) is 18.3. The van der Waals surface area contributed by atoms with Gasteiger partial charge in [0.05, 0.1) is 13.7 Å². The Morgan fingerprint density at radius 2 is 1.81 bits per heavy atom. The van der Waals surface area contributed by atoms with Crippen LogP contribution in [0.15, 0.2) is 73.3 Å². The van der Waals surface area contributed by atoms with Gasteiger partial charge >= 0.3 is 0 Å². The summed E-state index contributed by atoms with van der Waals surface area (Å²) in [5, 5.41) is 3.42. The van der Waals surface area contributed by atoms with E-state index >= 15 is 0 Å². The van der Waals surface area contributed by atoms with E-state index < -0.39 is 0 Å². The quantitative estimate of drug-likeness (QED) is 0.377. The first-order chi connectivity index (χ1) is 15.1. The number of ether oxygens (including phenoxy) is 3. The van der Waals surface area contributed by atoms with Gasteiger partial charge in [-0.05, 0) is 73.0 Å². The fraction of sp³-hybridized carbons (Fsp3) is 0.231. The first kappa shape index (κ1) is 22.2. The third-order valence-electron chi connectivity index (χ3n) is 4.71. The smallest absolute Gasteiger partial charge is 0.165 e. The molecule has 0 saturated carbocycles. The molecule has 162 valence electrons. The molecule has 0 amide bonds. The normalized spacial score (nSPS) is 10.4. The van der Waals surface area contributed by atoms with Gasteiger partial charge in [-0.15, -0.1) is 6.58 Å². The average Bonchev–Trinajstić information content (AvgIpc) is 2.78. The van der Waals surface area contributed by atoms with Gasteiger partial charge in [-0.25, -0.2) is 4.39 Å². The topological polar surface area (TPSA) is 39.7 Å². The monoisotopic (exact) mass is 421 g/mol. The van der Waals surface area contributed by atoms with Crippen molar-refractivity contribution in [3.63, 3.8) is 0 Å². The first-order valence-corrected chi connectivity index (χ1v) is 10.3. The molecule has 0 radical (unpaired) electrons. The Morgan fingerprint density at radius 1 is 1.00 bits per heavy atom. The van der Waals surface area contributed by atoms with Crippen molar-refractivity contribution in [3.8, 4) is 17.2 Å². The molecule has 0 aromatic heterocycles. The summed E-state index contributed by atoms with van der Waals surface area (Å²) in [5.74, 6) is 1.86. The van der Waals surface area contributed by atoms with Crippen LogP contribution < -0.4 is 19.5 Å². The number of hydrogen-bond acceptors (Lipinski definition) is 4. The van der Waals surface area contributed by atoms with E-state index in [1.54, 1.807) is 13.2 Å². The number of nitrogens with one attached hydrogen (secondary N) is 1. The largest absolute Gasteiger partial charge is 0.494 e. The highest BCUT2D eigenvalue weighted by atomic mass is 19.1. The van der Waals surface area contributed by atoms with Crippen LogP contribution >= 0.6 is 0 Å². The number of hydrogen-bond donors (Lipinski definition) is 1. The maximum absolute atomic E-state index is 13.5. The van der Waals surface area contributed by atoms with Crippen molar-refractivity contribution in [2.24, 2.45) is 0 Å². The van der Waals surface area contributed by atoms with Crippen molar-refractivity contribution in [3.05, 3.63) is 95.8 Å². The summed E-state index contributed by atoms with van der Waals surface area (Å²) in [6.07, 6.45) is 2.46. The number of benzene rings is 3. The van der Waals surface area contributed by atoms with Gasteiger partial charge in [-0.2, -0.15) is 0 Å². The summed E-state index contributed by atoms with van der Waals surface area (Å²) < 4.78 is 30.6. The minimum absolute atomic E-state index is 0.252. The zero-order valence-electron chi connectivity index (χ0n) is 18.0. The van der Waals surface area contributed by atoms with E-state index in [1.165, 1.54) is 12.1 Å². The van der Waals surface area contributed by atoms with Gasteiger partial charge in [0.25, 0.3) is 0 Å². The van der Waals surface area contributed by atoms with Crippen LogP contribution in [0.1, 0.15) is 23.6 Å². The fourth-order valence-electron chi connectivity index (χ4n) is 3.27. The standard InChI is InChI=1S/C26H28FNO3/c1-4-7-21-14-20(17-28-23-10-12-24(13-11-23)30-5-2)16-25(29-3)26(21)31-18-19-8-6-9-22(27)15-19/h4,6,8-16,28H,1,5,7,17-18H2,2-3H3. The molecule has 0 saturated heterocycles. The molecule has 3 aromatic carbocycles. The highest BCUT2D eigenvalue weighted by Gasteiger charge is 2.13. The van der Waals surface area contributed by atoms with Crippen molar-refractivity contribution >= 4 is 5.69 Å². The van der Waals surface area contributed by atoms with Crippen LogP contribution in [0.4, 0.5) is 10.1 Å². The first-order valence-electron chi connectivity index (χ1n) is 10.3. The van der Waals surface area contributed by atoms with Crippen molar-refractivity contribution in [1.29, 1.82) is 0 Å². The van der Waals surface area contributed by atoms with Gasteiger partial charge in [0.2, 0.25) is 0 Å². The summed E-state index contributed by atoms with van der Waals surface area (Å²) >= 11 is 0. The Hall–Kier alpha value is -3.47. The van der Waals surface area contributed by atoms with E-state index in [1.807, 2.05) is 49.4 Å². The minimum atomic E-state index is -0.282. The van der Waals surface area contributed by atoms with E-state index in [-0.39, 0.29) is 12.4 Å². The van der Waals surface area contributed by atoms with Crippen LogP contribution in [-0.4, -0.2) is 13.7 Å². The molecule has 3 rings (SSSR count). The molecule has 0 bridgehead atoms. The molecule has 0 aliphatic carbocycles. The molecule has 1 N–H and O–H groups in total. The summed E-state index contributed by atoms with van der Waals surface area (Å²) in [6.45, 7) is 7.34. The average molecular weight is 422 g/mol. The molecule has 31 heavy (non-hydrogen) atoms. The van der Waals surface area contributed by atoms with Crippen molar-refractivity contribution in [1.82, 2.24) is 0 Å². The fourth-order valence-corrected chi connectivity index (χ4v) is 3.27. The second-order valence-corrected chi connectivity index (χ2v) is 7.01. The second kappa shape index (κ2) is 11.1. The maximum Gasteiger partial charge on any atom is 0.165 e. The number of allylic oxidation sites excluding steroid dienone is 1. The summed E-state index contributed by atoms with van der Waals surface area (Å²) in [5.41, 5.74) is 3.78. The zero-order chi connectivity index (χ0) is 22.1. The molecule has 0 aliphatic rings. The molecule has 3 aromatic rings. The third-order valence-corrected chi connectivity index (χ3v) is 4.71. The van der Waals surface area contributed by atoms with Gasteiger partial charge in [-0.3, -0.25) is 0 Å². The molecular formula is C26H28FNO3. The Morgan fingerprint density at radius 3 is 2.48 bits per heavy atom. The molecule has 0 unspecified atom stereocenters. The predicted octanol–water partition coefficient (Wildman–Crippen LogP) is 6.15. The van der Waals surface area contributed by atoms with E-state index in [2.05, 4.69) is 18.0 Å². The van der Waals surface area contributed by atoms with Crippen LogP contribution in [-0.2, 0) is 19.6 Å². The molecular weight excluding hydrogens is 393 g/mol. The SMILES string of the molecule is C=CCc1cc(CNc2ccc(OCC)cc2)cc(OC)c1OCc1cccc(F)c1. The van der Waals surface area contributed by atoms with E-state index in [0.29, 0.717) is 31.1 Å². The molecule has 0 spiro atoms. The third kappa shape index (κ3) is 6.25. The molecule has 0 heterocycles. The Bertz CT molecular complexity index is 1000. The van der Waals surface area contributed by atoms with Gasteiger partial charge in [0.15, 0.2) is 11.5 Å². The lowest BCUT2D eigenvalue weighted by molar-refractivity contribution is 0.281. The predicted molar refractivity (Wildman–Crippen MR) is 123 cm³/mol. The Balaban J connectivity index is 1.75. The second-order valence-electron chi connectivity index (χ2n) is 7.01. The van der Waals surface area contributed by atoms with Gasteiger partial charge in [0.1, 0.15) is 18.2 Å². The summed E-state index contributed by atoms with van der Waals surface area (Å²) in [4.78, 5) is 0. The Labute approximate surface area is 183 Å². The van der Waals surface area contributed by atoms with Gasteiger partial charge in [-0.1, -0.05) is 18.2 Å². The van der Waals surface area contributed by atoms with E-state index in [9.17, 15) is 4.39 Å². The lowest BCUT2D eigenvalue weighted by atomic mass is 10.1. The maximum atomic E-state index is 13.5. The molecule has 0 aliphatic heterocycles. The van der Waals surface area contributed by atoms with Crippen LogP contribution in [0.25, 0.3) is 0 Å². The number of anilines is 1. The van der Waals surface area contributed by atoms with Crippen molar-refractivity contribution in [2.75, 3.05) is 19.0 Å². The highest BCUT2D eigenvalue weighted by Crippen LogP contribution is 2.34. The summed E-state index contributed by atoms with van der Waals surface area (Å²) in [7, 11) is 1.62. The highest BCUT2D eigenvalue weighted by molar-refractivity contribution is 5.52. The molecule has 4 nitrogen and oxygen atoms in total. The van der Waals surface area contributed by atoms with Crippen LogP contribution in [0.5, 0.6) is 17.2 Å². The molecule has 0 fully saturated rings. The van der Waals surface area contributed by atoms with Gasteiger partial charge < -0.3 is 19.5 Å². The van der Waals surface area contributed by atoms with Crippen molar-refractivity contribution < 1.29 is 18.6 Å². The van der Waals surface area contributed by atoms with Gasteiger partial charge in [0, 0.05) is 17.8 Å². The van der Waals surface area contributed by atoms with Crippen LogP contribution in [0, 0.1) is 5.82 Å². The minimum Gasteiger partial charge on any atom is -0.494 e. The number of halogens is 1. The van der Waals surface area contributed by atoms with Crippen molar-refractivity contribution in [2.45, 2.75) is 26.5 Å². The van der Waals surface area contributed by atoms with Crippen LogP contribution in [0.2, 0.25) is 0 Å². The lowest BCUT2D eigenvalue weighted by Gasteiger charge is -2.17. The Kier molecular flexibility index (Phi) is 7.93. The molecule has 0 atom stereocenters. The number of rotatable bonds is 11.